The van der Waals surface area contributed by atoms with Gasteiger partial charge in [-0.25, -0.2) is 9.48 Å². The van der Waals surface area contributed by atoms with E-state index in [-0.39, 0.29) is 6.54 Å². The summed E-state index contributed by atoms with van der Waals surface area (Å²) in [6, 6.07) is 11.2. The van der Waals surface area contributed by atoms with Crippen LogP contribution in [0.5, 0.6) is 11.5 Å². The molecule has 1 aromatic heterocycles. The van der Waals surface area contributed by atoms with Crippen LogP contribution in [0.3, 0.4) is 0 Å². The van der Waals surface area contributed by atoms with Gasteiger partial charge in [0.05, 0.1) is 5.52 Å². The number of aromatic nitrogens is 3. The standard InChI is InChI=1S/C19H17N5O6/c25-17(11-30-18(26)10-24-14-4-2-1-3-13(14)22-23-24)21-19(27)20-12-5-6-15-16(9-12)29-8-7-28-15/h1-6,9H,7-8,10-11H2,(H2,20,21,25,27). The van der Waals surface area contributed by atoms with Crippen molar-refractivity contribution in [3.8, 4) is 11.5 Å². The molecule has 0 saturated heterocycles. The lowest BCUT2D eigenvalue weighted by molar-refractivity contribution is -0.149. The number of nitrogens with zero attached hydrogens (tertiary/aromatic N) is 3. The Hall–Kier alpha value is -4.15. The Morgan fingerprint density at radius 1 is 1.07 bits per heavy atom. The number of carbonyl (C=O) groups is 3. The molecule has 1 aliphatic rings. The number of fused-ring (bicyclic) bond motifs is 2. The summed E-state index contributed by atoms with van der Waals surface area (Å²) in [6.07, 6.45) is 0. The first-order valence-electron chi connectivity index (χ1n) is 9.03. The SMILES string of the molecule is O=C(COC(=O)Cn1nnc2ccccc21)NC(=O)Nc1ccc2c(c1)OCCO2. The van der Waals surface area contributed by atoms with Crippen molar-refractivity contribution in [3.63, 3.8) is 0 Å². The fraction of sp³-hybridized carbons (Fsp3) is 0.211. The van der Waals surface area contributed by atoms with Gasteiger partial charge in [0.1, 0.15) is 25.3 Å². The van der Waals surface area contributed by atoms with Crippen molar-refractivity contribution < 1.29 is 28.6 Å². The van der Waals surface area contributed by atoms with Crippen molar-refractivity contribution in [1.82, 2.24) is 20.3 Å². The third-order valence-electron chi connectivity index (χ3n) is 4.12. The van der Waals surface area contributed by atoms with Crippen LogP contribution in [-0.4, -0.2) is 52.7 Å². The average molecular weight is 411 g/mol. The van der Waals surface area contributed by atoms with Crippen LogP contribution in [0.15, 0.2) is 42.5 Å². The molecule has 30 heavy (non-hydrogen) atoms. The van der Waals surface area contributed by atoms with Crippen molar-refractivity contribution in [1.29, 1.82) is 0 Å². The van der Waals surface area contributed by atoms with Crippen molar-refractivity contribution >= 4 is 34.6 Å². The molecule has 11 heteroatoms. The quantitative estimate of drug-likeness (QED) is 0.596. The second-order valence-corrected chi connectivity index (χ2v) is 6.26. The molecule has 0 bridgehead atoms. The van der Waals surface area contributed by atoms with Gasteiger partial charge >= 0.3 is 12.0 Å². The van der Waals surface area contributed by atoms with E-state index in [4.69, 9.17) is 14.2 Å². The van der Waals surface area contributed by atoms with Gasteiger partial charge in [-0.3, -0.25) is 14.9 Å². The van der Waals surface area contributed by atoms with Crippen molar-refractivity contribution in [3.05, 3.63) is 42.5 Å². The number of ether oxygens (including phenoxy) is 3. The minimum atomic E-state index is -0.776. The summed E-state index contributed by atoms with van der Waals surface area (Å²) < 4.78 is 17.1. The summed E-state index contributed by atoms with van der Waals surface area (Å²) in [7, 11) is 0. The predicted octanol–water partition coefficient (Wildman–Crippen LogP) is 1.09. The Labute approximate surface area is 169 Å². The van der Waals surface area contributed by atoms with Crippen LogP contribution in [-0.2, 0) is 20.9 Å². The lowest BCUT2D eigenvalue weighted by atomic mass is 10.2. The van der Waals surface area contributed by atoms with Gasteiger partial charge in [-0.1, -0.05) is 17.3 Å². The third-order valence-corrected chi connectivity index (χ3v) is 4.12. The van der Waals surface area contributed by atoms with E-state index in [0.29, 0.717) is 41.4 Å². The second kappa shape index (κ2) is 8.47. The molecule has 4 rings (SSSR count). The molecular weight excluding hydrogens is 394 g/mol. The molecule has 0 atom stereocenters. The fourth-order valence-electron chi connectivity index (χ4n) is 2.79. The summed E-state index contributed by atoms with van der Waals surface area (Å²) in [6.45, 7) is 0.0503. The van der Waals surface area contributed by atoms with Crippen molar-refractivity contribution in [2.24, 2.45) is 0 Å². The lowest BCUT2D eigenvalue weighted by Crippen LogP contribution is -2.37. The highest BCUT2D eigenvalue weighted by Crippen LogP contribution is 2.32. The summed E-state index contributed by atoms with van der Waals surface area (Å²) in [5.41, 5.74) is 1.72. The van der Waals surface area contributed by atoms with Crippen LogP contribution in [0.2, 0.25) is 0 Å². The molecule has 0 aliphatic carbocycles. The molecule has 0 spiro atoms. The molecule has 3 aromatic rings. The zero-order chi connectivity index (χ0) is 20.9. The topological polar surface area (TPSA) is 134 Å². The molecule has 0 fully saturated rings. The maximum absolute atomic E-state index is 12.0. The van der Waals surface area contributed by atoms with E-state index < -0.39 is 24.5 Å². The van der Waals surface area contributed by atoms with Crippen LogP contribution >= 0.6 is 0 Å². The number of esters is 1. The molecule has 2 aromatic carbocycles. The first-order chi connectivity index (χ1) is 14.6. The molecule has 0 saturated carbocycles. The zero-order valence-corrected chi connectivity index (χ0v) is 15.7. The van der Waals surface area contributed by atoms with E-state index in [1.165, 1.54) is 4.68 Å². The summed E-state index contributed by atoms with van der Waals surface area (Å²) in [5.74, 6) is -0.384. The summed E-state index contributed by atoms with van der Waals surface area (Å²) >= 11 is 0. The summed E-state index contributed by atoms with van der Waals surface area (Å²) in [4.78, 5) is 35.8. The largest absolute Gasteiger partial charge is 0.486 e. The number of urea groups is 1. The van der Waals surface area contributed by atoms with E-state index in [2.05, 4.69) is 20.9 Å². The number of hydrogen-bond acceptors (Lipinski definition) is 8. The first kappa shape index (κ1) is 19.2. The van der Waals surface area contributed by atoms with Gasteiger partial charge in [0, 0.05) is 11.8 Å². The number of amides is 3. The first-order valence-corrected chi connectivity index (χ1v) is 9.03. The predicted molar refractivity (Wildman–Crippen MR) is 103 cm³/mol. The van der Waals surface area contributed by atoms with Gasteiger partial charge in [0.15, 0.2) is 18.1 Å². The molecule has 3 amide bonds. The van der Waals surface area contributed by atoms with Gasteiger partial charge in [-0.2, -0.15) is 0 Å². The Bertz CT molecular complexity index is 1110. The van der Waals surface area contributed by atoms with E-state index in [9.17, 15) is 14.4 Å². The smallest absolute Gasteiger partial charge is 0.328 e. The molecule has 0 unspecified atom stereocenters. The van der Waals surface area contributed by atoms with Crippen LogP contribution in [0, 0.1) is 0 Å². The zero-order valence-electron chi connectivity index (χ0n) is 15.7. The van der Waals surface area contributed by atoms with Gasteiger partial charge in [0.2, 0.25) is 0 Å². The highest BCUT2D eigenvalue weighted by Gasteiger charge is 2.15. The Morgan fingerprint density at radius 3 is 2.73 bits per heavy atom. The minimum absolute atomic E-state index is 0.211. The van der Waals surface area contributed by atoms with Gasteiger partial charge in [-0.05, 0) is 24.3 Å². The monoisotopic (exact) mass is 411 g/mol. The molecule has 2 heterocycles. The maximum atomic E-state index is 12.0. The molecule has 2 N–H and O–H groups in total. The highest BCUT2D eigenvalue weighted by atomic mass is 16.6. The average Bonchev–Trinajstić information content (AvgIpc) is 3.15. The van der Waals surface area contributed by atoms with E-state index >= 15 is 0 Å². The molecule has 0 radical (unpaired) electrons. The van der Waals surface area contributed by atoms with Crippen LogP contribution in [0.25, 0.3) is 11.0 Å². The fourth-order valence-corrected chi connectivity index (χ4v) is 2.79. The number of imide groups is 1. The Kier molecular flexibility index (Phi) is 5.42. The number of rotatable bonds is 5. The van der Waals surface area contributed by atoms with Crippen LogP contribution in [0.1, 0.15) is 0 Å². The Balaban J connectivity index is 1.24. The molecular formula is C19H17N5O6. The van der Waals surface area contributed by atoms with Crippen LogP contribution < -0.4 is 20.1 Å². The number of para-hydroxylation sites is 1. The van der Waals surface area contributed by atoms with Crippen molar-refractivity contribution in [2.75, 3.05) is 25.1 Å². The van der Waals surface area contributed by atoms with Gasteiger partial charge in [-0.15, -0.1) is 5.10 Å². The highest BCUT2D eigenvalue weighted by molar-refractivity contribution is 6.02. The number of anilines is 1. The molecule has 154 valence electrons. The maximum Gasteiger partial charge on any atom is 0.328 e. The number of hydrogen-bond donors (Lipinski definition) is 2. The van der Waals surface area contributed by atoms with Crippen molar-refractivity contribution in [2.45, 2.75) is 6.54 Å². The Morgan fingerprint density at radius 2 is 1.87 bits per heavy atom. The second-order valence-electron chi connectivity index (χ2n) is 6.26. The normalized spacial score (nSPS) is 12.3. The molecule has 11 nitrogen and oxygen atoms in total. The third kappa shape index (κ3) is 4.46. The number of nitrogens with one attached hydrogen (secondary N) is 2. The number of carbonyl (C=O) groups excluding carboxylic acids is 3. The minimum Gasteiger partial charge on any atom is -0.486 e. The van der Waals surface area contributed by atoms with E-state index in [1.807, 2.05) is 0 Å². The van der Waals surface area contributed by atoms with Gasteiger partial charge < -0.3 is 19.5 Å². The number of benzene rings is 2. The van der Waals surface area contributed by atoms with E-state index in [0.717, 1.165) is 0 Å². The van der Waals surface area contributed by atoms with E-state index in [1.54, 1.807) is 42.5 Å². The molecule has 1 aliphatic heterocycles. The van der Waals surface area contributed by atoms with Crippen LogP contribution in [0.4, 0.5) is 10.5 Å². The van der Waals surface area contributed by atoms with Gasteiger partial charge in [0.25, 0.3) is 5.91 Å². The summed E-state index contributed by atoms with van der Waals surface area (Å²) in [5, 5.41) is 12.4. The lowest BCUT2D eigenvalue weighted by Gasteiger charge is -2.19.